The van der Waals surface area contributed by atoms with Crippen molar-refractivity contribution in [2.45, 2.75) is 33.1 Å². The standard InChI is InChI=1S/C12H11F5O2/c1-3-7-4-8(12(15,16)17)5-9(19-11(13)14)10(7)6(2)18/h4-5,11H,3H2,1-2H3. The topological polar surface area (TPSA) is 26.3 Å². The summed E-state index contributed by atoms with van der Waals surface area (Å²) in [6.45, 7) is -0.694. The first-order valence-electron chi connectivity index (χ1n) is 5.36. The van der Waals surface area contributed by atoms with Crippen LogP contribution in [0.2, 0.25) is 0 Å². The van der Waals surface area contributed by atoms with Crippen LogP contribution in [0.25, 0.3) is 0 Å². The molecule has 0 amide bonds. The summed E-state index contributed by atoms with van der Waals surface area (Å²) in [5.41, 5.74) is -1.33. The number of alkyl halides is 5. The molecule has 0 saturated heterocycles. The van der Waals surface area contributed by atoms with E-state index in [4.69, 9.17) is 0 Å². The van der Waals surface area contributed by atoms with E-state index in [2.05, 4.69) is 4.74 Å². The second-order valence-electron chi connectivity index (χ2n) is 3.79. The molecule has 1 aromatic carbocycles. The van der Waals surface area contributed by atoms with E-state index in [0.717, 1.165) is 13.0 Å². The van der Waals surface area contributed by atoms with Gasteiger partial charge in [0, 0.05) is 0 Å². The fraction of sp³-hybridized carbons (Fsp3) is 0.417. The van der Waals surface area contributed by atoms with Crippen LogP contribution in [-0.4, -0.2) is 12.4 Å². The van der Waals surface area contributed by atoms with E-state index < -0.39 is 29.9 Å². The Bertz CT molecular complexity index is 480. The van der Waals surface area contributed by atoms with Crippen molar-refractivity contribution in [1.29, 1.82) is 0 Å². The third-order valence-electron chi connectivity index (χ3n) is 2.46. The molecule has 106 valence electrons. The maximum atomic E-state index is 12.6. The summed E-state index contributed by atoms with van der Waals surface area (Å²) >= 11 is 0. The van der Waals surface area contributed by atoms with E-state index >= 15 is 0 Å². The normalized spacial score (nSPS) is 11.8. The third kappa shape index (κ3) is 3.65. The highest BCUT2D eigenvalue weighted by Gasteiger charge is 2.33. The fourth-order valence-corrected chi connectivity index (χ4v) is 1.70. The zero-order valence-electron chi connectivity index (χ0n) is 10.1. The van der Waals surface area contributed by atoms with Crippen LogP contribution in [-0.2, 0) is 12.6 Å². The summed E-state index contributed by atoms with van der Waals surface area (Å²) in [5.74, 6) is -1.37. The highest BCUT2D eigenvalue weighted by Crippen LogP contribution is 2.36. The Morgan fingerprint density at radius 3 is 2.26 bits per heavy atom. The minimum atomic E-state index is -4.69. The van der Waals surface area contributed by atoms with Crippen LogP contribution in [0.4, 0.5) is 22.0 Å². The number of Topliss-reactive ketones (excluding diaryl/α,β-unsaturated/α-hetero) is 1. The molecule has 1 aromatic rings. The van der Waals surface area contributed by atoms with Crippen molar-refractivity contribution in [2.24, 2.45) is 0 Å². The Hall–Kier alpha value is -1.66. The molecule has 0 unspecified atom stereocenters. The van der Waals surface area contributed by atoms with Crippen molar-refractivity contribution in [1.82, 2.24) is 0 Å². The van der Waals surface area contributed by atoms with Gasteiger partial charge in [0.05, 0.1) is 11.1 Å². The first-order chi connectivity index (χ1) is 8.66. The number of halogens is 5. The van der Waals surface area contributed by atoms with Crippen LogP contribution in [0.5, 0.6) is 5.75 Å². The SMILES string of the molecule is CCc1cc(C(F)(F)F)cc(OC(F)F)c1C(C)=O. The Morgan fingerprint density at radius 2 is 1.89 bits per heavy atom. The maximum absolute atomic E-state index is 12.6. The van der Waals surface area contributed by atoms with Gasteiger partial charge in [0.25, 0.3) is 0 Å². The van der Waals surface area contributed by atoms with Crippen LogP contribution in [0.1, 0.15) is 35.3 Å². The lowest BCUT2D eigenvalue weighted by Crippen LogP contribution is -2.13. The fourth-order valence-electron chi connectivity index (χ4n) is 1.70. The van der Waals surface area contributed by atoms with E-state index in [-0.39, 0.29) is 17.5 Å². The predicted octanol–water partition coefficient (Wildman–Crippen LogP) is 4.07. The molecule has 7 heteroatoms. The molecule has 0 aliphatic carbocycles. The number of aryl methyl sites for hydroxylation is 1. The predicted molar refractivity (Wildman–Crippen MR) is 57.5 cm³/mol. The Morgan fingerprint density at radius 1 is 1.32 bits per heavy atom. The van der Waals surface area contributed by atoms with Crippen molar-refractivity contribution in [3.05, 3.63) is 28.8 Å². The molecule has 0 aromatic heterocycles. The quantitative estimate of drug-likeness (QED) is 0.614. The van der Waals surface area contributed by atoms with Crippen molar-refractivity contribution < 1.29 is 31.5 Å². The second-order valence-corrected chi connectivity index (χ2v) is 3.79. The van der Waals surface area contributed by atoms with Gasteiger partial charge in [0.2, 0.25) is 0 Å². The lowest BCUT2D eigenvalue weighted by atomic mass is 9.98. The number of carbonyl (C=O) groups excluding carboxylic acids is 1. The second kappa shape index (κ2) is 5.54. The largest absolute Gasteiger partial charge is 0.434 e. The van der Waals surface area contributed by atoms with Gasteiger partial charge in [-0.15, -0.1) is 0 Å². The minimum Gasteiger partial charge on any atom is -0.434 e. The molecule has 2 nitrogen and oxygen atoms in total. The summed E-state index contributed by atoms with van der Waals surface area (Å²) in [4.78, 5) is 11.4. The van der Waals surface area contributed by atoms with Crippen molar-refractivity contribution in [3.8, 4) is 5.75 Å². The number of ether oxygens (including phenoxy) is 1. The molecule has 19 heavy (non-hydrogen) atoms. The molecule has 1 rings (SSSR count). The van der Waals surface area contributed by atoms with Crippen LogP contribution in [0.15, 0.2) is 12.1 Å². The summed E-state index contributed by atoms with van der Waals surface area (Å²) in [6, 6.07) is 1.19. The van der Waals surface area contributed by atoms with E-state index in [1.54, 1.807) is 0 Å². The Labute approximate surface area is 106 Å². The van der Waals surface area contributed by atoms with Gasteiger partial charge >= 0.3 is 12.8 Å². The van der Waals surface area contributed by atoms with Gasteiger partial charge in [-0.05, 0) is 31.0 Å². The molecule has 0 aliphatic rings. The molecule has 0 spiro atoms. The zero-order valence-corrected chi connectivity index (χ0v) is 10.1. The van der Waals surface area contributed by atoms with E-state index in [1.807, 2.05) is 0 Å². The third-order valence-corrected chi connectivity index (χ3v) is 2.46. The van der Waals surface area contributed by atoms with Gasteiger partial charge in [0.1, 0.15) is 5.75 Å². The lowest BCUT2D eigenvalue weighted by molar-refractivity contribution is -0.138. The Kier molecular flexibility index (Phi) is 4.49. The number of carbonyl (C=O) groups is 1. The molecule has 0 saturated carbocycles. The number of hydrogen-bond acceptors (Lipinski definition) is 2. The Balaban J connectivity index is 3.49. The first kappa shape index (κ1) is 15.4. The van der Waals surface area contributed by atoms with Crippen LogP contribution in [0.3, 0.4) is 0 Å². The number of rotatable bonds is 4. The number of benzene rings is 1. The molecule has 0 atom stereocenters. The van der Waals surface area contributed by atoms with Crippen molar-refractivity contribution in [2.75, 3.05) is 0 Å². The molecule has 0 heterocycles. The van der Waals surface area contributed by atoms with Gasteiger partial charge in [-0.2, -0.15) is 22.0 Å². The highest BCUT2D eigenvalue weighted by atomic mass is 19.4. The molecule has 0 fully saturated rings. The zero-order chi connectivity index (χ0) is 14.8. The number of ketones is 1. The monoisotopic (exact) mass is 282 g/mol. The van der Waals surface area contributed by atoms with Crippen LogP contribution < -0.4 is 4.74 Å². The molecule has 0 radical (unpaired) electrons. The van der Waals surface area contributed by atoms with E-state index in [0.29, 0.717) is 6.07 Å². The van der Waals surface area contributed by atoms with Crippen LogP contribution in [0, 0.1) is 0 Å². The smallest absolute Gasteiger partial charge is 0.416 e. The molecular weight excluding hydrogens is 271 g/mol. The molecular formula is C12H11F5O2. The van der Waals surface area contributed by atoms with E-state index in [1.165, 1.54) is 6.92 Å². The number of hydrogen-bond donors (Lipinski definition) is 0. The van der Waals surface area contributed by atoms with Crippen LogP contribution >= 0.6 is 0 Å². The first-order valence-corrected chi connectivity index (χ1v) is 5.36. The van der Waals surface area contributed by atoms with Gasteiger partial charge in [-0.1, -0.05) is 6.92 Å². The average Bonchev–Trinajstić information content (AvgIpc) is 2.25. The van der Waals surface area contributed by atoms with Gasteiger partial charge in [0.15, 0.2) is 5.78 Å². The summed E-state index contributed by atoms with van der Waals surface area (Å²) in [5, 5.41) is 0. The molecule has 0 bridgehead atoms. The molecule has 0 N–H and O–H groups in total. The summed E-state index contributed by atoms with van der Waals surface area (Å²) in [6.07, 6.45) is -4.60. The minimum absolute atomic E-state index is 0.0259. The maximum Gasteiger partial charge on any atom is 0.416 e. The van der Waals surface area contributed by atoms with Crippen molar-refractivity contribution in [3.63, 3.8) is 0 Å². The summed E-state index contributed by atoms with van der Waals surface area (Å²) < 4.78 is 66.3. The molecule has 0 aliphatic heterocycles. The van der Waals surface area contributed by atoms with E-state index in [9.17, 15) is 26.7 Å². The lowest BCUT2D eigenvalue weighted by Gasteiger charge is -2.16. The van der Waals surface area contributed by atoms with Crippen molar-refractivity contribution >= 4 is 5.78 Å². The average molecular weight is 282 g/mol. The highest BCUT2D eigenvalue weighted by molar-refractivity contribution is 5.98. The van der Waals surface area contributed by atoms with Gasteiger partial charge < -0.3 is 4.74 Å². The van der Waals surface area contributed by atoms with Gasteiger partial charge in [-0.3, -0.25) is 4.79 Å². The summed E-state index contributed by atoms with van der Waals surface area (Å²) in [7, 11) is 0. The van der Waals surface area contributed by atoms with Gasteiger partial charge in [-0.25, -0.2) is 0 Å².